The normalized spacial score (nSPS) is 9.91. The van der Waals surface area contributed by atoms with Crippen molar-refractivity contribution < 1.29 is 0 Å². The van der Waals surface area contributed by atoms with Gasteiger partial charge in [-0.15, -0.1) is 6.58 Å². The number of unbranched alkanes of at least 4 members (excludes halogenated alkanes) is 1. The standard InChI is InChI=1S/C9H14N2/c1-3-4-5-6-9-7-10-11(2)8-9/h3,7-8H,1,4-6H2,2H3. The Morgan fingerprint density at radius 2 is 2.55 bits per heavy atom. The SMILES string of the molecule is C=CCCCc1cnn(C)c1. The topological polar surface area (TPSA) is 17.8 Å². The Labute approximate surface area is 67.5 Å². The van der Waals surface area contributed by atoms with Crippen molar-refractivity contribution in [3.8, 4) is 0 Å². The highest BCUT2D eigenvalue weighted by atomic mass is 15.2. The second-order valence-electron chi connectivity index (χ2n) is 2.70. The van der Waals surface area contributed by atoms with E-state index in [9.17, 15) is 0 Å². The molecule has 60 valence electrons. The summed E-state index contributed by atoms with van der Waals surface area (Å²) in [6.07, 6.45) is 9.31. The van der Waals surface area contributed by atoms with Crippen LogP contribution in [0.25, 0.3) is 0 Å². The Bertz CT molecular complexity index is 225. The fraction of sp³-hybridized carbons (Fsp3) is 0.444. The van der Waals surface area contributed by atoms with Crippen molar-refractivity contribution in [1.29, 1.82) is 0 Å². The van der Waals surface area contributed by atoms with Crippen LogP contribution in [-0.4, -0.2) is 9.78 Å². The Morgan fingerprint density at radius 3 is 3.09 bits per heavy atom. The van der Waals surface area contributed by atoms with Crippen molar-refractivity contribution in [2.75, 3.05) is 0 Å². The molecule has 0 aromatic carbocycles. The highest BCUT2D eigenvalue weighted by molar-refractivity contribution is 5.03. The summed E-state index contributed by atoms with van der Waals surface area (Å²) < 4.78 is 1.84. The summed E-state index contributed by atoms with van der Waals surface area (Å²) in [4.78, 5) is 0. The van der Waals surface area contributed by atoms with Gasteiger partial charge in [0.1, 0.15) is 0 Å². The fourth-order valence-corrected chi connectivity index (χ4v) is 1.05. The third-order valence-electron chi connectivity index (χ3n) is 1.63. The van der Waals surface area contributed by atoms with E-state index >= 15 is 0 Å². The van der Waals surface area contributed by atoms with Gasteiger partial charge >= 0.3 is 0 Å². The predicted molar refractivity (Wildman–Crippen MR) is 46.3 cm³/mol. The van der Waals surface area contributed by atoms with Crippen LogP contribution >= 0.6 is 0 Å². The van der Waals surface area contributed by atoms with Crippen LogP contribution in [0.3, 0.4) is 0 Å². The number of nitrogens with zero attached hydrogens (tertiary/aromatic N) is 2. The minimum atomic E-state index is 1.09. The van der Waals surface area contributed by atoms with E-state index in [0.717, 1.165) is 12.8 Å². The van der Waals surface area contributed by atoms with Crippen molar-refractivity contribution in [2.45, 2.75) is 19.3 Å². The van der Waals surface area contributed by atoms with Gasteiger partial charge in [0, 0.05) is 13.2 Å². The molecule has 1 aromatic heterocycles. The first-order chi connectivity index (χ1) is 5.33. The quantitative estimate of drug-likeness (QED) is 0.473. The smallest absolute Gasteiger partial charge is 0.0521 e. The van der Waals surface area contributed by atoms with Gasteiger partial charge in [0.05, 0.1) is 6.20 Å². The molecule has 0 aliphatic carbocycles. The van der Waals surface area contributed by atoms with Crippen LogP contribution < -0.4 is 0 Å². The molecule has 0 saturated carbocycles. The summed E-state index contributed by atoms with van der Waals surface area (Å²) in [6.45, 7) is 3.68. The number of allylic oxidation sites excluding steroid dienone is 1. The van der Waals surface area contributed by atoms with Gasteiger partial charge in [0.15, 0.2) is 0 Å². The van der Waals surface area contributed by atoms with Crippen LogP contribution in [0.5, 0.6) is 0 Å². The maximum Gasteiger partial charge on any atom is 0.0521 e. The van der Waals surface area contributed by atoms with E-state index in [0.29, 0.717) is 0 Å². The summed E-state index contributed by atoms with van der Waals surface area (Å²) in [7, 11) is 1.94. The van der Waals surface area contributed by atoms with Gasteiger partial charge < -0.3 is 0 Å². The molecule has 0 unspecified atom stereocenters. The van der Waals surface area contributed by atoms with Crippen LogP contribution in [0.1, 0.15) is 18.4 Å². The monoisotopic (exact) mass is 150 g/mol. The zero-order chi connectivity index (χ0) is 8.10. The van der Waals surface area contributed by atoms with Crippen molar-refractivity contribution in [1.82, 2.24) is 9.78 Å². The van der Waals surface area contributed by atoms with Crippen molar-refractivity contribution in [2.24, 2.45) is 7.05 Å². The highest BCUT2D eigenvalue weighted by Crippen LogP contribution is 2.02. The number of hydrogen-bond donors (Lipinski definition) is 0. The van der Waals surface area contributed by atoms with Gasteiger partial charge in [0.25, 0.3) is 0 Å². The first kappa shape index (κ1) is 8.05. The Morgan fingerprint density at radius 1 is 1.73 bits per heavy atom. The van der Waals surface area contributed by atoms with Gasteiger partial charge in [0.2, 0.25) is 0 Å². The molecule has 0 N–H and O–H groups in total. The molecule has 0 amide bonds. The van der Waals surface area contributed by atoms with Crippen LogP contribution in [0.15, 0.2) is 25.0 Å². The van der Waals surface area contributed by atoms with E-state index in [-0.39, 0.29) is 0 Å². The van der Waals surface area contributed by atoms with Gasteiger partial charge in [-0.2, -0.15) is 5.10 Å². The van der Waals surface area contributed by atoms with Gasteiger partial charge in [-0.1, -0.05) is 6.08 Å². The minimum absolute atomic E-state index is 1.09. The molecule has 1 rings (SSSR count). The molecule has 0 bridgehead atoms. The van der Waals surface area contributed by atoms with Gasteiger partial charge in [-0.25, -0.2) is 0 Å². The molecular weight excluding hydrogens is 136 g/mol. The summed E-state index contributed by atoms with van der Waals surface area (Å²) in [5.41, 5.74) is 1.31. The van der Waals surface area contributed by atoms with E-state index in [4.69, 9.17) is 0 Å². The molecule has 0 radical (unpaired) electrons. The van der Waals surface area contributed by atoms with E-state index in [1.807, 2.05) is 24.0 Å². The zero-order valence-corrected chi connectivity index (χ0v) is 6.95. The molecule has 0 aliphatic heterocycles. The molecule has 0 spiro atoms. The summed E-state index contributed by atoms with van der Waals surface area (Å²) in [5, 5.41) is 4.09. The zero-order valence-electron chi connectivity index (χ0n) is 6.95. The van der Waals surface area contributed by atoms with Crippen LogP contribution in [0.2, 0.25) is 0 Å². The lowest BCUT2D eigenvalue weighted by atomic mass is 10.1. The molecule has 2 nitrogen and oxygen atoms in total. The average Bonchev–Trinajstić information content (AvgIpc) is 2.37. The summed E-state index contributed by atoms with van der Waals surface area (Å²) in [6, 6.07) is 0. The maximum atomic E-state index is 4.09. The second-order valence-corrected chi connectivity index (χ2v) is 2.70. The van der Waals surface area contributed by atoms with Crippen LogP contribution in [-0.2, 0) is 13.5 Å². The Hall–Kier alpha value is -1.05. The predicted octanol–water partition coefficient (Wildman–Crippen LogP) is 1.93. The lowest BCUT2D eigenvalue weighted by Gasteiger charge is -1.91. The third kappa shape index (κ3) is 2.58. The van der Waals surface area contributed by atoms with E-state index in [2.05, 4.69) is 17.9 Å². The Balaban J connectivity index is 2.32. The third-order valence-corrected chi connectivity index (χ3v) is 1.63. The van der Waals surface area contributed by atoms with Crippen LogP contribution in [0, 0.1) is 0 Å². The van der Waals surface area contributed by atoms with E-state index < -0.39 is 0 Å². The lowest BCUT2D eigenvalue weighted by molar-refractivity contribution is 0.765. The molecule has 0 saturated heterocycles. The van der Waals surface area contributed by atoms with E-state index in [1.54, 1.807) is 0 Å². The molecular formula is C9H14N2. The van der Waals surface area contributed by atoms with Gasteiger partial charge in [-0.05, 0) is 24.8 Å². The number of aryl methyl sites for hydroxylation is 2. The maximum absolute atomic E-state index is 4.09. The number of rotatable bonds is 4. The van der Waals surface area contributed by atoms with E-state index in [1.165, 1.54) is 12.0 Å². The minimum Gasteiger partial charge on any atom is -0.276 e. The summed E-state index contributed by atoms with van der Waals surface area (Å²) >= 11 is 0. The van der Waals surface area contributed by atoms with Crippen LogP contribution in [0.4, 0.5) is 0 Å². The molecule has 1 aromatic rings. The number of aromatic nitrogens is 2. The van der Waals surface area contributed by atoms with Crippen molar-refractivity contribution in [3.63, 3.8) is 0 Å². The van der Waals surface area contributed by atoms with Crippen molar-refractivity contribution in [3.05, 3.63) is 30.6 Å². The fourth-order valence-electron chi connectivity index (χ4n) is 1.05. The Kier molecular flexibility index (Phi) is 2.90. The van der Waals surface area contributed by atoms with Crippen molar-refractivity contribution >= 4 is 0 Å². The molecule has 0 atom stereocenters. The molecule has 0 fully saturated rings. The first-order valence-corrected chi connectivity index (χ1v) is 3.91. The highest BCUT2D eigenvalue weighted by Gasteiger charge is 1.93. The molecule has 11 heavy (non-hydrogen) atoms. The molecule has 1 heterocycles. The lowest BCUT2D eigenvalue weighted by Crippen LogP contribution is -1.85. The van der Waals surface area contributed by atoms with Gasteiger partial charge in [-0.3, -0.25) is 4.68 Å². The molecule has 2 heteroatoms. The second kappa shape index (κ2) is 3.96. The molecule has 0 aliphatic rings. The first-order valence-electron chi connectivity index (χ1n) is 3.91. The summed E-state index contributed by atoms with van der Waals surface area (Å²) in [5.74, 6) is 0. The number of hydrogen-bond acceptors (Lipinski definition) is 1. The average molecular weight is 150 g/mol. The largest absolute Gasteiger partial charge is 0.276 e.